The monoisotopic (exact) mass is 321 g/mol. The summed E-state index contributed by atoms with van der Waals surface area (Å²) in [5.41, 5.74) is 4.69. The largest absolute Gasteiger partial charge is 0.461 e. The van der Waals surface area contributed by atoms with Crippen LogP contribution in [0.1, 0.15) is 35.7 Å². The third-order valence-electron chi connectivity index (χ3n) is 2.91. The molecule has 1 N–H and O–H groups in total. The summed E-state index contributed by atoms with van der Waals surface area (Å²) in [5.74, 6) is -0.0492. The van der Waals surface area contributed by atoms with Gasteiger partial charge in [0.2, 0.25) is 5.69 Å². The smallest absolute Gasteiger partial charge is 0.361 e. The number of carbonyl (C=O) groups is 1. The van der Waals surface area contributed by atoms with Gasteiger partial charge >= 0.3 is 5.97 Å². The van der Waals surface area contributed by atoms with Crippen molar-refractivity contribution in [3.05, 3.63) is 46.3 Å². The number of aromatic nitrogens is 1. The van der Waals surface area contributed by atoms with E-state index in [1.165, 1.54) is 0 Å². The summed E-state index contributed by atoms with van der Waals surface area (Å²) < 4.78 is 10.0. The number of aryl methyl sites for hydroxylation is 1. The Kier molecular flexibility index (Phi) is 5.16. The molecule has 116 valence electrons. The van der Waals surface area contributed by atoms with E-state index in [0.29, 0.717) is 27.7 Å². The quantitative estimate of drug-likeness (QED) is 0.516. The molecule has 0 saturated heterocycles. The fourth-order valence-electron chi connectivity index (χ4n) is 1.89. The minimum absolute atomic E-state index is 0.113. The summed E-state index contributed by atoms with van der Waals surface area (Å²) in [6.45, 7) is 5.44. The van der Waals surface area contributed by atoms with Gasteiger partial charge in [0.1, 0.15) is 5.76 Å². The van der Waals surface area contributed by atoms with E-state index in [-0.39, 0.29) is 12.3 Å². The van der Waals surface area contributed by atoms with E-state index in [9.17, 15) is 4.79 Å². The molecule has 22 heavy (non-hydrogen) atoms. The van der Waals surface area contributed by atoms with Crippen LogP contribution in [0.5, 0.6) is 0 Å². The molecule has 0 spiro atoms. The van der Waals surface area contributed by atoms with Crippen LogP contribution in [0.25, 0.3) is 0 Å². The van der Waals surface area contributed by atoms with Gasteiger partial charge in [0.15, 0.2) is 0 Å². The maximum Gasteiger partial charge on any atom is 0.361 e. The topological polar surface area (TPSA) is 76.7 Å². The summed E-state index contributed by atoms with van der Waals surface area (Å²) in [4.78, 5) is 11.9. The van der Waals surface area contributed by atoms with Gasteiger partial charge in [-0.2, -0.15) is 5.10 Å². The lowest BCUT2D eigenvalue weighted by atomic mass is 10.1. The van der Waals surface area contributed by atoms with Crippen LogP contribution < -0.4 is 5.43 Å². The number of benzene rings is 1. The number of hydrogen-bond acceptors (Lipinski definition) is 6. The molecular weight excluding hydrogens is 306 g/mol. The van der Waals surface area contributed by atoms with Crippen LogP contribution in [-0.2, 0) is 4.74 Å². The zero-order valence-electron chi connectivity index (χ0n) is 12.5. The number of nitrogens with zero attached hydrogens (tertiary/aromatic N) is 2. The number of rotatable bonds is 5. The molecule has 0 fully saturated rings. The highest BCUT2D eigenvalue weighted by Crippen LogP contribution is 2.21. The van der Waals surface area contributed by atoms with E-state index in [2.05, 4.69) is 15.7 Å². The number of para-hydroxylation sites is 1. The average Bonchev–Trinajstić information content (AvgIpc) is 2.88. The normalized spacial score (nSPS) is 11.4. The number of ether oxygens (including phenoxy) is 1. The number of anilines is 1. The van der Waals surface area contributed by atoms with Crippen molar-refractivity contribution >= 4 is 29.0 Å². The highest BCUT2D eigenvalue weighted by atomic mass is 35.5. The molecule has 1 aromatic carbocycles. The number of hydrazone groups is 1. The van der Waals surface area contributed by atoms with E-state index in [1.807, 2.05) is 12.1 Å². The molecule has 2 rings (SSSR count). The Morgan fingerprint density at radius 3 is 2.86 bits per heavy atom. The summed E-state index contributed by atoms with van der Waals surface area (Å²) in [5, 5.41) is 8.53. The summed E-state index contributed by atoms with van der Waals surface area (Å²) in [7, 11) is 0. The Labute approximate surface area is 133 Å². The molecule has 0 aliphatic carbocycles. The van der Waals surface area contributed by atoms with Crippen LogP contribution >= 0.6 is 11.6 Å². The number of carbonyl (C=O) groups excluding carboxylic acids is 1. The van der Waals surface area contributed by atoms with E-state index in [4.69, 9.17) is 20.9 Å². The zero-order chi connectivity index (χ0) is 16.1. The second-order valence-electron chi connectivity index (χ2n) is 4.47. The summed E-state index contributed by atoms with van der Waals surface area (Å²) >= 11 is 6.05. The highest BCUT2D eigenvalue weighted by Gasteiger charge is 2.23. The van der Waals surface area contributed by atoms with Crippen LogP contribution in [0, 0.1) is 6.92 Å². The van der Waals surface area contributed by atoms with Gasteiger partial charge in [-0.3, -0.25) is 5.43 Å². The minimum Gasteiger partial charge on any atom is -0.461 e. The molecular formula is C15H16ClN3O3. The number of halogens is 1. The van der Waals surface area contributed by atoms with Crippen LogP contribution in [-0.4, -0.2) is 23.4 Å². The van der Waals surface area contributed by atoms with Crippen molar-refractivity contribution in [1.82, 2.24) is 5.16 Å². The fourth-order valence-corrected chi connectivity index (χ4v) is 2.07. The molecule has 0 amide bonds. The molecule has 6 nitrogen and oxygen atoms in total. The molecule has 0 unspecified atom stereocenters. The van der Waals surface area contributed by atoms with Crippen molar-refractivity contribution in [1.29, 1.82) is 0 Å². The first kappa shape index (κ1) is 16.0. The van der Waals surface area contributed by atoms with Crippen LogP contribution in [0.4, 0.5) is 5.69 Å². The number of esters is 1. The van der Waals surface area contributed by atoms with Crippen molar-refractivity contribution < 1.29 is 14.1 Å². The molecule has 7 heteroatoms. The summed E-state index contributed by atoms with van der Waals surface area (Å²) in [6, 6.07) is 7.22. The Morgan fingerprint density at radius 1 is 1.45 bits per heavy atom. The van der Waals surface area contributed by atoms with Gasteiger partial charge in [-0.15, -0.1) is 0 Å². The maximum atomic E-state index is 11.9. The van der Waals surface area contributed by atoms with E-state index in [1.54, 1.807) is 32.9 Å². The molecule has 0 saturated carbocycles. The van der Waals surface area contributed by atoms with Crippen molar-refractivity contribution in [2.45, 2.75) is 20.8 Å². The lowest BCUT2D eigenvalue weighted by Gasteiger charge is -2.05. The molecule has 0 aliphatic rings. The summed E-state index contributed by atoms with van der Waals surface area (Å²) in [6.07, 6.45) is 0. The molecule has 0 aliphatic heterocycles. The fraction of sp³-hybridized carbons (Fsp3) is 0.267. The predicted molar refractivity (Wildman–Crippen MR) is 84.5 cm³/mol. The van der Waals surface area contributed by atoms with Crippen LogP contribution in [0.2, 0.25) is 5.02 Å². The zero-order valence-corrected chi connectivity index (χ0v) is 13.3. The van der Waals surface area contributed by atoms with Crippen LogP contribution in [0.15, 0.2) is 33.9 Å². The Bertz CT molecular complexity index is 710. The SMILES string of the molecule is CCOC(=O)c1noc(C)c1C(C)=NNc1ccccc1Cl. The van der Waals surface area contributed by atoms with Crippen molar-refractivity contribution in [2.24, 2.45) is 5.10 Å². The highest BCUT2D eigenvalue weighted by molar-refractivity contribution is 6.33. The van der Waals surface area contributed by atoms with Gasteiger partial charge in [-0.1, -0.05) is 28.9 Å². The first-order valence-electron chi connectivity index (χ1n) is 6.73. The molecule has 0 bridgehead atoms. The van der Waals surface area contributed by atoms with Crippen molar-refractivity contribution in [3.63, 3.8) is 0 Å². The van der Waals surface area contributed by atoms with Gasteiger partial charge in [0.05, 0.1) is 28.6 Å². The molecule has 2 aromatic rings. The molecule has 1 aromatic heterocycles. The predicted octanol–water partition coefficient (Wildman–Crippen LogP) is 3.65. The maximum absolute atomic E-state index is 11.9. The van der Waals surface area contributed by atoms with Gasteiger partial charge in [0.25, 0.3) is 0 Å². The van der Waals surface area contributed by atoms with Gasteiger partial charge < -0.3 is 9.26 Å². The second kappa shape index (κ2) is 7.09. The van der Waals surface area contributed by atoms with Gasteiger partial charge in [-0.05, 0) is 32.9 Å². The van der Waals surface area contributed by atoms with Gasteiger partial charge in [0, 0.05) is 0 Å². The molecule has 0 radical (unpaired) electrons. The second-order valence-corrected chi connectivity index (χ2v) is 4.88. The first-order chi connectivity index (χ1) is 10.5. The minimum atomic E-state index is -0.540. The number of nitrogens with one attached hydrogen (secondary N) is 1. The van der Waals surface area contributed by atoms with E-state index < -0.39 is 5.97 Å². The van der Waals surface area contributed by atoms with E-state index >= 15 is 0 Å². The molecule has 0 atom stereocenters. The number of hydrogen-bond donors (Lipinski definition) is 1. The van der Waals surface area contributed by atoms with Crippen LogP contribution in [0.3, 0.4) is 0 Å². The van der Waals surface area contributed by atoms with Crippen molar-refractivity contribution in [2.75, 3.05) is 12.0 Å². The lowest BCUT2D eigenvalue weighted by molar-refractivity contribution is 0.0514. The Hall–Kier alpha value is -2.34. The average molecular weight is 322 g/mol. The standard InChI is InChI=1S/C15H16ClN3O3/c1-4-21-15(20)14-13(10(3)22-19-14)9(2)17-18-12-8-6-5-7-11(12)16/h5-8,18H,4H2,1-3H3. The lowest BCUT2D eigenvalue weighted by Crippen LogP contribution is -2.11. The molecule has 1 heterocycles. The van der Waals surface area contributed by atoms with Gasteiger partial charge in [-0.25, -0.2) is 4.79 Å². The third-order valence-corrected chi connectivity index (χ3v) is 3.24. The Morgan fingerprint density at radius 2 is 2.18 bits per heavy atom. The first-order valence-corrected chi connectivity index (χ1v) is 7.11. The van der Waals surface area contributed by atoms with Crippen molar-refractivity contribution in [3.8, 4) is 0 Å². The Balaban J connectivity index is 2.27. The third kappa shape index (κ3) is 3.46. The van der Waals surface area contributed by atoms with E-state index in [0.717, 1.165) is 0 Å².